The van der Waals surface area contributed by atoms with Crippen molar-refractivity contribution in [3.05, 3.63) is 24.0 Å². The molecule has 1 aliphatic carbocycles. The average Bonchev–Trinajstić information content (AvgIpc) is 2.37. The third-order valence-electron chi connectivity index (χ3n) is 3.55. The quantitative estimate of drug-likeness (QED) is 0.759. The number of aromatic nitrogens is 1. The first-order valence-corrected chi connectivity index (χ1v) is 7.10. The molecule has 0 atom stereocenters. The highest BCUT2D eigenvalue weighted by atomic mass is 35.5. The van der Waals surface area contributed by atoms with Gasteiger partial charge in [0.15, 0.2) is 0 Å². The number of hydrogen-bond acceptors (Lipinski definition) is 2. The summed E-state index contributed by atoms with van der Waals surface area (Å²) in [6.07, 6.45) is 8.60. The molecule has 1 aliphatic rings. The van der Waals surface area contributed by atoms with Crippen LogP contribution in [0.4, 0.5) is 5.69 Å². The first kappa shape index (κ1) is 12.7. The minimum absolute atomic E-state index is 0.671. The van der Waals surface area contributed by atoms with Crippen molar-refractivity contribution in [2.45, 2.75) is 45.1 Å². The third-order valence-corrected chi connectivity index (χ3v) is 3.72. The largest absolute Gasteiger partial charge is 0.367 e. The number of halogens is 1. The Hall–Kier alpha value is -0.760. The van der Waals surface area contributed by atoms with Gasteiger partial charge in [0.1, 0.15) is 0 Å². The molecule has 2 rings (SSSR count). The van der Waals surface area contributed by atoms with E-state index in [1.54, 1.807) is 0 Å². The SMILES string of the molecule is Cc1cc(N(CCCl)C2CCCCC2)ccn1. The second-order valence-corrected chi connectivity index (χ2v) is 5.21. The molecule has 1 aromatic rings. The van der Waals surface area contributed by atoms with Gasteiger partial charge in [-0.15, -0.1) is 11.6 Å². The number of anilines is 1. The van der Waals surface area contributed by atoms with Crippen LogP contribution >= 0.6 is 11.6 Å². The fourth-order valence-electron chi connectivity index (χ4n) is 2.72. The summed E-state index contributed by atoms with van der Waals surface area (Å²) in [6, 6.07) is 4.94. The Bertz CT molecular complexity index is 348. The van der Waals surface area contributed by atoms with Gasteiger partial charge in [-0.3, -0.25) is 4.98 Å². The van der Waals surface area contributed by atoms with Crippen molar-refractivity contribution in [3.8, 4) is 0 Å². The van der Waals surface area contributed by atoms with Crippen LogP contribution in [-0.2, 0) is 0 Å². The highest BCUT2D eigenvalue weighted by molar-refractivity contribution is 6.18. The molecule has 0 N–H and O–H groups in total. The first-order chi connectivity index (χ1) is 8.31. The van der Waals surface area contributed by atoms with Crippen LogP contribution in [0.15, 0.2) is 18.3 Å². The monoisotopic (exact) mass is 252 g/mol. The molecular weight excluding hydrogens is 232 g/mol. The van der Waals surface area contributed by atoms with Crippen molar-refractivity contribution in [2.75, 3.05) is 17.3 Å². The molecule has 0 aromatic carbocycles. The lowest BCUT2D eigenvalue weighted by Gasteiger charge is -2.35. The van der Waals surface area contributed by atoms with E-state index in [1.807, 2.05) is 13.1 Å². The third kappa shape index (κ3) is 3.35. The van der Waals surface area contributed by atoms with Crippen LogP contribution in [0.1, 0.15) is 37.8 Å². The van der Waals surface area contributed by atoms with Gasteiger partial charge in [-0.2, -0.15) is 0 Å². The second kappa shape index (κ2) is 6.25. The number of hydrogen-bond donors (Lipinski definition) is 0. The van der Waals surface area contributed by atoms with E-state index < -0.39 is 0 Å². The molecule has 1 heterocycles. The van der Waals surface area contributed by atoms with Crippen molar-refractivity contribution >= 4 is 17.3 Å². The number of nitrogens with zero attached hydrogens (tertiary/aromatic N) is 2. The molecule has 0 radical (unpaired) electrons. The summed E-state index contributed by atoms with van der Waals surface area (Å²) in [4.78, 5) is 6.74. The van der Waals surface area contributed by atoms with Gasteiger partial charge in [-0.05, 0) is 31.9 Å². The van der Waals surface area contributed by atoms with Crippen LogP contribution in [0.3, 0.4) is 0 Å². The standard InChI is InChI=1S/C14H21ClN2/c1-12-11-14(7-9-16-12)17(10-8-15)13-5-3-2-4-6-13/h7,9,11,13H,2-6,8,10H2,1H3. The highest BCUT2D eigenvalue weighted by Gasteiger charge is 2.21. The summed E-state index contributed by atoms with van der Waals surface area (Å²) in [5.41, 5.74) is 2.36. The minimum atomic E-state index is 0.671. The Morgan fingerprint density at radius 1 is 1.35 bits per heavy atom. The molecule has 0 saturated heterocycles. The molecule has 0 amide bonds. The molecule has 0 bridgehead atoms. The predicted octanol–water partition coefficient (Wildman–Crippen LogP) is 3.77. The van der Waals surface area contributed by atoms with E-state index in [0.29, 0.717) is 11.9 Å². The molecule has 17 heavy (non-hydrogen) atoms. The Labute approximate surface area is 109 Å². The molecule has 2 nitrogen and oxygen atoms in total. The molecule has 1 aromatic heterocycles. The van der Waals surface area contributed by atoms with Crippen LogP contribution in [0.2, 0.25) is 0 Å². The molecule has 0 spiro atoms. The van der Waals surface area contributed by atoms with Crippen LogP contribution < -0.4 is 4.90 Å². The molecule has 94 valence electrons. The highest BCUT2D eigenvalue weighted by Crippen LogP contribution is 2.27. The Balaban J connectivity index is 2.15. The van der Waals surface area contributed by atoms with Crippen molar-refractivity contribution in [1.29, 1.82) is 0 Å². The topological polar surface area (TPSA) is 16.1 Å². The number of pyridine rings is 1. The van der Waals surface area contributed by atoms with Gasteiger partial charge in [0.2, 0.25) is 0 Å². The van der Waals surface area contributed by atoms with Gasteiger partial charge in [-0.25, -0.2) is 0 Å². The van der Waals surface area contributed by atoms with Crippen molar-refractivity contribution < 1.29 is 0 Å². The van der Waals surface area contributed by atoms with Gasteiger partial charge in [-0.1, -0.05) is 19.3 Å². The smallest absolute Gasteiger partial charge is 0.0402 e. The predicted molar refractivity (Wildman–Crippen MR) is 73.9 cm³/mol. The molecule has 0 aliphatic heterocycles. The van der Waals surface area contributed by atoms with E-state index >= 15 is 0 Å². The lowest BCUT2D eigenvalue weighted by Crippen LogP contribution is -2.38. The summed E-state index contributed by atoms with van der Waals surface area (Å²) in [6.45, 7) is 2.99. The van der Waals surface area contributed by atoms with Gasteiger partial charge in [0, 0.05) is 36.0 Å². The minimum Gasteiger partial charge on any atom is -0.367 e. The number of aryl methyl sites for hydroxylation is 1. The van der Waals surface area contributed by atoms with E-state index in [4.69, 9.17) is 11.6 Å². The zero-order valence-electron chi connectivity index (χ0n) is 10.5. The van der Waals surface area contributed by atoms with Crippen molar-refractivity contribution in [2.24, 2.45) is 0 Å². The van der Waals surface area contributed by atoms with Crippen LogP contribution in [0, 0.1) is 6.92 Å². The first-order valence-electron chi connectivity index (χ1n) is 6.56. The molecular formula is C14H21ClN2. The summed E-state index contributed by atoms with van der Waals surface area (Å²) < 4.78 is 0. The zero-order valence-corrected chi connectivity index (χ0v) is 11.3. The van der Waals surface area contributed by atoms with E-state index in [1.165, 1.54) is 37.8 Å². The Morgan fingerprint density at radius 3 is 2.76 bits per heavy atom. The van der Waals surface area contributed by atoms with E-state index in [0.717, 1.165) is 12.2 Å². The summed E-state index contributed by atoms with van der Waals surface area (Å²) in [5.74, 6) is 0.692. The van der Waals surface area contributed by atoms with Crippen molar-refractivity contribution in [3.63, 3.8) is 0 Å². The van der Waals surface area contributed by atoms with E-state index in [9.17, 15) is 0 Å². The maximum atomic E-state index is 5.95. The van der Waals surface area contributed by atoms with Crippen LogP contribution in [-0.4, -0.2) is 23.5 Å². The second-order valence-electron chi connectivity index (χ2n) is 4.83. The van der Waals surface area contributed by atoms with Gasteiger partial charge in [0.25, 0.3) is 0 Å². The lowest BCUT2D eigenvalue weighted by molar-refractivity contribution is 0.418. The molecule has 1 saturated carbocycles. The zero-order chi connectivity index (χ0) is 12.1. The van der Waals surface area contributed by atoms with Crippen molar-refractivity contribution in [1.82, 2.24) is 4.98 Å². The fourth-order valence-corrected chi connectivity index (χ4v) is 2.90. The Kier molecular flexibility index (Phi) is 4.66. The van der Waals surface area contributed by atoms with E-state index in [2.05, 4.69) is 22.0 Å². The lowest BCUT2D eigenvalue weighted by atomic mass is 9.94. The summed E-state index contributed by atoms with van der Waals surface area (Å²) >= 11 is 5.95. The molecule has 0 unspecified atom stereocenters. The Morgan fingerprint density at radius 2 is 2.12 bits per heavy atom. The summed E-state index contributed by atoms with van der Waals surface area (Å²) in [5, 5.41) is 0. The molecule has 3 heteroatoms. The number of rotatable bonds is 4. The van der Waals surface area contributed by atoms with Crippen LogP contribution in [0.5, 0.6) is 0 Å². The fraction of sp³-hybridized carbons (Fsp3) is 0.643. The van der Waals surface area contributed by atoms with E-state index in [-0.39, 0.29) is 0 Å². The normalized spacial score (nSPS) is 17.1. The maximum absolute atomic E-state index is 5.95. The van der Waals surface area contributed by atoms with Gasteiger partial charge >= 0.3 is 0 Å². The average molecular weight is 253 g/mol. The maximum Gasteiger partial charge on any atom is 0.0402 e. The van der Waals surface area contributed by atoms with Gasteiger partial charge < -0.3 is 4.90 Å². The number of alkyl halides is 1. The van der Waals surface area contributed by atoms with Gasteiger partial charge in [0.05, 0.1) is 0 Å². The van der Waals surface area contributed by atoms with Crippen LogP contribution in [0.25, 0.3) is 0 Å². The molecule has 1 fully saturated rings. The summed E-state index contributed by atoms with van der Waals surface area (Å²) in [7, 11) is 0.